The van der Waals surface area contributed by atoms with E-state index in [1.807, 2.05) is 13.8 Å². The fourth-order valence-electron chi connectivity index (χ4n) is 3.92. The Hall–Kier alpha value is -3.67. The van der Waals surface area contributed by atoms with Crippen LogP contribution in [0.2, 0.25) is 0 Å². The van der Waals surface area contributed by atoms with E-state index in [2.05, 4.69) is 6.92 Å². The Kier molecular flexibility index (Phi) is 12.0. The minimum absolute atomic E-state index is 0.170. The molecular formula is C33H39FO5. The fraction of sp³-hybridized carbons (Fsp3) is 0.394. The first kappa shape index (κ1) is 29.9. The lowest BCUT2D eigenvalue weighted by atomic mass is 10.0. The smallest absolute Gasteiger partial charge is 0.343 e. The zero-order valence-corrected chi connectivity index (χ0v) is 23.2. The highest BCUT2D eigenvalue weighted by Gasteiger charge is 2.14. The molecule has 208 valence electrons. The lowest BCUT2D eigenvalue weighted by molar-refractivity contribution is 0.0446. The highest BCUT2D eigenvalue weighted by Crippen LogP contribution is 2.27. The molecule has 0 aliphatic rings. The maximum Gasteiger partial charge on any atom is 0.343 e. The molecule has 0 heterocycles. The molecule has 0 spiro atoms. The van der Waals surface area contributed by atoms with Gasteiger partial charge in [-0.25, -0.2) is 14.0 Å². The van der Waals surface area contributed by atoms with Crippen molar-refractivity contribution >= 4 is 11.9 Å². The lowest BCUT2D eigenvalue weighted by Crippen LogP contribution is -2.11. The third-order valence-electron chi connectivity index (χ3n) is 6.63. The van der Waals surface area contributed by atoms with Gasteiger partial charge in [0.15, 0.2) is 0 Å². The van der Waals surface area contributed by atoms with Gasteiger partial charge in [-0.05, 0) is 66.4 Å². The molecule has 0 saturated heterocycles. The van der Waals surface area contributed by atoms with Gasteiger partial charge in [0.1, 0.15) is 17.3 Å². The van der Waals surface area contributed by atoms with E-state index in [0.29, 0.717) is 35.7 Å². The average molecular weight is 535 g/mol. The highest BCUT2D eigenvalue weighted by molar-refractivity contribution is 5.91. The van der Waals surface area contributed by atoms with E-state index in [9.17, 15) is 14.0 Å². The van der Waals surface area contributed by atoms with Crippen LogP contribution in [0.25, 0.3) is 11.1 Å². The first-order valence-corrected chi connectivity index (χ1v) is 13.9. The van der Waals surface area contributed by atoms with E-state index >= 15 is 0 Å². The molecule has 1 atom stereocenters. The van der Waals surface area contributed by atoms with Crippen molar-refractivity contribution in [2.24, 2.45) is 5.92 Å². The van der Waals surface area contributed by atoms with Gasteiger partial charge >= 0.3 is 11.9 Å². The average Bonchev–Trinajstić information content (AvgIpc) is 2.96. The van der Waals surface area contributed by atoms with Crippen LogP contribution in [-0.4, -0.2) is 25.2 Å². The molecule has 39 heavy (non-hydrogen) atoms. The molecule has 3 aromatic carbocycles. The van der Waals surface area contributed by atoms with Gasteiger partial charge in [-0.1, -0.05) is 77.5 Å². The lowest BCUT2D eigenvalue weighted by Gasteiger charge is -2.11. The Morgan fingerprint density at radius 2 is 1.41 bits per heavy atom. The Morgan fingerprint density at radius 3 is 2.08 bits per heavy atom. The van der Waals surface area contributed by atoms with Crippen LogP contribution in [0, 0.1) is 11.7 Å². The molecule has 0 bridgehead atoms. The zero-order valence-electron chi connectivity index (χ0n) is 23.2. The van der Waals surface area contributed by atoms with Crippen LogP contribution in [0.4, 0.5) is 4.39 Å². The summed E-state index contributed by atoms with van der Waals surface area (Å²) in [5.74, 6) is -0.244. The fourth-order valence-corrected chi connectivity index (χ4v) is 3.92. The van der Waals surface area contributed by atoms with Crippen LogP contribution in [-0.2, 0) is 4.74 Å². The van der Waals surface area contributed by atoms with Gasteiger partial charge < -0.3 is 14.2 Å². The molecule has 0 radical (unpaired) electrons. The molecule has 6 heteroatoms. The number of carbonyl (C=O) groups excluding carboxylic acids is 2. The third kappa shape index (κ3) is 9.54. The minimum atomic E-state index is -0.541. The molecule has 0 aliphatic carbocycles. The molecule has 0 saturated carbocycles. The summed E-state index contributed by atoms with van der Waals surface area (Å²) in [6.07, 6.45) is 8.11. The monoisotopic (exact) mass is 534 g/mol. The number of hydrogen-bond acceptors (Lipinski definition) is 5. The van der Waals surface area contributed by atoms with Gasteiger partial charge in [0.2, 0.25) is 0 Å². The number of ether oxygens (including phenoxy) is 3. The van der Waals surface area contributed by atoms with Gasteiger partial charge in [0.05, 0.1) is 24.3 Å². The van der Waals surface area contributed by atoms with Crippen molar-refractivity contribution in [1.82, 2.24) is 0 Å². The Labute approximate surface area is 231 Å². The van der Waals surface area contributed by atoms with Crippen LogP contribution < -0.4 is 9.47 Å². The summed E-state index contributed by atoms with van der Waals surface area (Å²) >= 11 is 0. The van der Waals surface area contributed by atoms with Crippen molar-refractivity contribution in [1.29, 1.82) is 0 Å². The SMILES string of the molecule is CCCCCCCCOc1ccc(C(=O)Oc2ccc(-c3ccc(C(=O)OCC(C)CC)cc3F)cc2)cc1. The molecule has 5 nitrogen and oxygen atoms in total. The number of carbonyl (C=O) groups is 2. The largest absolute Gasteiger partial charge is 0.494 e. The number of benzene rings is 3. The van der Waals surface area contributed by atoms with Crippen molar-refractivity contribution in [3.63, 3.8) is 0 Å². The Bertz CT molecular complexity index is 1190. The van der Waals surface area contributed by atoms with Gasteiger partial charge in [-0.3, -0.25) is 0 Å². The maximum absolute atomic E-state index is 14.8. The second-order valence-electron chi connectivity index (χ2n) is 9.86. The second kappa shape index (κ2) is 15.7. The van der Waals surface area contributed by atoms with Gasteiger partial charge in [0.25, 0.3) is 0 Å². The van der Waals surface area contributed by atoms with Crippen LogP contribution in [0.5, 0.6) is 11.5 Å². The van der Waals surface area contributed by atoms with E-state index in [4.69, 9.17) is 14.2 Å². The van der Waals surface area contributed by atoms with Crippen LogP contribution in [0.1, 0.15) is 86.4 Å². The summed E-state index contributed by atoms with van der Waals surface area (Å²) in [6, 6.07) is 17.7. The van der Waals surface area contributed by atoms with Crippen molar-refractivity contribution in [2.45, 2.75) is 65.7 Å². The molecule has 0 amide bonds. The number of unbranched alkanes of at least 4 members (excludes halogenated alkanes) is 5. The molecule has 0 aromatic heterocycles. The predicted octanol–water partition coefficient (Wildman–Crippen LogP) is 8.65. The van der Waals surface area contributed by atoms with Crippen LogP contribution in [0.15, 0.2) is 66.7 Å². The first-order valence-electron chi connectivity index (χ1n) is 13.9. The summed E-state index contributed by atoms with van der Waals surface area (Å²) in [7, 11) is 0. The quantitative estimate of drug-likeness (QED) is 0.111. The van der Waals surface area contributed by atoms with E-state index in [1.165, 1.54) is 31.7 Å². The Morgan fingerprint density at radius 1 is 0.769 bits per heavy atom. The molecule has 0 N–H and O–H groups in total. The van der Waals surface area contributed by atoms with Crippen molar-refractivity contribution in [2.75, 3.05) is 13.2 Å². The van der Waals surface area contributed by atoms with E-state index < -0.39 is 17.8 Å². The van der Waals surface area contributed by atoms with Crippen LogP contribution >= 0.6 is 0 Å². The standard InChI is InChI=1S/C33H39FO5/c1-4-6-7-8-9-10-21-37-28-16-13-26(14-17-28)33(36)39-29-18-11-25(12-19-29)30-20-15-27(22-31(30)34)32(35)38-23-24(3)5-2/h11-20,22,24H,4-10,21,23H2,1-3H3. The highest BCUT2D eigenvalue weighted by atomic mass is 19.1. The minimum Gasteiger partial charge on any atom is -0.494 e. The first-order chi connectivity index (χ1) is 18.9. The number of rotatable bonds is 15. The summed E-state index contributed by atoms with van der Waals surface area (Å²) in [5, 5.41) is 0. The van der Waals surface area contributed by atoms with E-state index in [-0.39, 0.29) is 11.5 Å². The number of hydrogen-bond donors (Lipinski definition) is 0. The van der Waals surface area contributed by atoms with Crippen molar-refractivity contribution < 1.29 is 28.2 Å². The van der Waals surface area contributed by atoms with Crippen LogP contribution in [0.3, 0.4) is 0 Å². The summed E-state index contributed by atoms with van der Waals surface area (Å²) in [5.41, 5.74) is 1.51. The molecule has 1 unspecified atom stereocenters. The summed E-state index contributed by atoms with van der Waals surface area (Å²) in [4.78, 5) is 24.8. The molecule has 3 aromatic rings. The molecular weight excluding hydrogens is 495 g/mol. The van der Waals surface area contributed by atoms with Gasteiger partial charge in [0, 0.05) is 5.56 Å². The number of halogens is 1. The topological polar surface area (TPSA) is 61.8 Å². The third-order valence-corrected chi connectivity index (χ3v) is 6.63. The number of esters is 2. The molecule has 0 aliphatic heterocycles. The van der Waals surface area contributed by atoms with Gasteiger partial charge in [-0.2, -0.15) is 0 Å². The normalized spacial score (nSPS) is 11.6. The van der Waals surface area contributed by atoms with E-state index in [0.717, 1.165) is 25.0 Å². The zero-order chi connectivity index (χ0) is 28.0. The Balaban J connectivity index is 1.51. The maximum atomic E-state index is 14.8. The van der Waals surface area contributed by atoms with Crippen molar-refractivity contribution in [3.8, 4) is 22.6 Å². The predicted molar refractivity (Wildman–Crippen MR) is 152 cm³/mol. The molecule has 0 fully saturated rings. The molecule has 3 rings (SSSR count). The van der Waals surface area contributed by atoms with Crippen molar-refractivity contribution in [3.05, 3.63) is 83.7 Å². The van der Waals surface area contributed by atoms with Gasteiger partial charge in [-0.15, -0.1) is 0 Å². The second-order valence-corrected chi connectivity index (χ2v) is 9.86. The summed E-state index contributed by atoms with van der Waals surface area (Å²) < 4.78 is 31.3. The van der Waals surface area contributed by atoms with E-state index in [1.54, 1.807) is 60.7 Å². The summed E-state index contributed by atoms with van der Waals surface area (Å²) in [6.45, 7) is 7.18.